The van der Waals surface area contributed by atoms with Crippen molar-refractivity contribution in [2.24, 2.45) is 0 Å². The van der Waals surface area contributed by atoms with E-state index in [0.29, 0.717) is 11.4 Å². The van der Waals surface area contributed by atoms with Crippen LogP contribution in [0.15, 0.2) is 36.7 Å². The summed E-state index contributed by atoms with van der Waals surface area (Å²) in [5.74, 6) is 0.210. The molecular formula is C14H10ClNO. The maximum absolute atomic E-state index is 11.7. The predicted octanol–water partition coefficient (Wildman–Crippen LogP) is 3.53. The zero-order valence-electron chi connectivity index (χ0n) is 9.11. The van der Waals surface area contributed by atoms with E-state index >= 15 is 0 Å². The molecule has 1 heterocycles. The number of rotatable bonds is 1. The summed E-state index contributed by atoms with van der Waals surface area (Å²) in [6.07, 6.45) is 4.87. The molecule has 0 radical (unpaired) electrons. The molecule has 0 unspecified atom stereocenters. The maximum atomic E-state index is 11.7. The summed E-state index contributed by atoms with van der Waals surface area (Å²) in [5, 5.41) is 0.687. The van der Waals surface area contributed by atoms with Gasteiger partial charge in [0.05, 0.1) is 0 Å². The van der Waals surface area contributed by atoms with Crippen molar-refractivity contribution in [2.45, 2.75) is 12.8 Å². The van der Waals surface area contributed by atoms with E-state index in [-0.39, 0.29) is 5.78 Å². The molecule has 0 atom stereocenters. The highest BCUT2D eigenvalue weighted by atomic mass is 35.5. The molecule has 1 aromatic heterocycles. The molecular weight excluding hydrogens is 234 g/mol. The van der Waals surface area contributed by atoms with Crippen molar-refractivity contribution in [3.63, 3.8) is 0 Å². The minimum atomic E-state index is 0.210. The highest BCUT2D eigenvalue weighted by Crippen LogP contribution is 2.37. The summed E-state index contributed by atoms with van der Waals surface area (Å²) in [7, 11) is 0. The first-order chi connectivity index (χ1) is 8.27. The Morgan fingerprint density at radius 1 is 1.18 bits per heavy atom. The molecule has 0 aliphatic heterocycles. The van der Waals surface area contributed by atoms with E-state index in [0.717, 1.165) is 28.7 Å². The SMILES string of the molecule is O=C1CCc2c1ccc(Cl)c2-c1cccnc1. The molecule has 84 valence electrons. The van der Waals surface area contributed by atoms with Crippen molar-refractivity contribution in [1.82, 2.24) is 4.98 Å². The summed E-state index contributed by atoms with van der Waals surface area (Å²) >= 11 is 6.25. The second kappa shape index (κ2) is 3.97. The van der Waals surface area contributed by atoms with Gasteiger partial charge in [0.15, 0.2) is 5.78 Å². The molecule has 17 heavy (non-hydrogen) atoms. The third-order valence-corrected chi connectivity index (χ3v) is 3.43. The van der Waals surface area contributed by atoms with Gasteiger partial charge in [-0.25, -0.2) is 0 Å². The normalized spacial score (nSPS) is 13.8. The van der Waals surface area contributed by atoms with Crippen LogP contribution in [-0.2, 0) is 6.42 Å². The zero-order valence-corrected chi connectivity index (χ0v) is 9.87. The van der Waals surface area contributed by atoms with E-state index in [2.05, 4.69) is 4.98 Å². The van der Waals surface area contributed by atoms with Gasteiger partial charge < -0.3 is 0 Å². The van der Waals surface area contributed by atoms with Crippen LogP contribution in [-0.4, -0.2) is 10.8 Å². The Morgan fingerprint density at radius 2 is 2.06 bits per heavy atom. The fourth-order valence-corrected chi connectivity index (χ4v) is 2.62. The zero-order chi connectivity index (χ0) is 11.8. The van der Waals surface area contributed by atoms with E-state index < -0.39 is 0 Å². The van der Waals surface area contributed by atoms with Crippen LogP contribution in [0, 0.1) is 0 Å². The van der Waals surface area contributed by atoms with Crippen molar-refractivity contribution in [3.05, 3.63) is 52.8 Å². The molecule has 2 nitrogen and oxygen atoms in total. The van der Waals surface area contributed by atoms with Crippen molar-refractivity contribution in [1.29, 1.82) is 0 Å². The number of fused-ring (bicyclic) bond motifs is 1. The number of hydrogen-bond acceptors (Lipinski definition) is 2. The van der Waals surface area contributed by atoms with Crippen LogP contribution in [0.5, 0.6) is 0 Å². The average molecular weight is 244 g/mol. The Hall–Kier alpha value is -1.67. The molecule has 1 aliphatic carbocycles. The van der Waals surface area contributed by atoms with Gasteiger partial charge in [-0.05, 0) is 30.2 Å². The van der Waals surface area contributed by atoms with Crippen LogP contribution in [0.25, 0.3) is 11.1 Å². The Balaban J connectivity index is 2.27. The molecule has 1 aliphatic rings. The molecule has 2 aromatic rings. The fraction of sp³-hybridized carbons (Fsp3) is 0.143. The number of benzene rings is 1. The first-order valence-corrected chi connectivity index (χ1v) is 5.90. The van der Waals surface area contributed by atoms with Gasteiger partial charge in [0.1, 0.15) is 0 Å². The lowest BCUT2D eigenvalue weighted by molar-refractivity contribution is 0.0994. The van der Waals surface area contributed by atoms with Crippen LogP contribution in [0.2, 0.25) is 5.02 Å². The molecule has 0 saturated carbocycles. The minimum Gasteiger partial charge on any atom is -0.294 e. The third kappa shape index (κ3) is 1.65. The molecule has 3 rings (SSSR count). The van der Waals surface area contributed by atoms with Gasteiger partial charge in [-0.3, -0.25) is 9.78 Å². The summed E-state index contributed by atoms with van der Waals surface area (Å²) in [5.41, 5.74) is 3.82. The van der Waals surface area contributed by atoms with E-state index in [4.69, 9.17) is 11.6 Å². The lowest BCUT2D eigenvalue weighted by Crippen LogP contribution is -1.93. The summed E-state index contributed by atoms with van der Waals surface area (Å²) < 4.78 is 0. The van der Waals surface area contributed by atoms with Gasteiger partial charge in [0.25, 0.3) is 0 Å². The largest absolute Gasteiger partial charge is 0.294 e. The molecule has 3 heteroatoms. The number of nitrogens with zero attached hydrogens (tertiary/aromatic N) is 1. The molecule has 0 spiro atoms. The number of Topliss-reactive ketones (excluding diaryl/α,β-unsaturated/α-hetero) is 1. The molecule has 0 fully saturated rings. The Morgan fingerprint density at radius 3 is 2.82 bits per heavy atom. The standard InChI is InChI=1S/C14H10ClNO/c15-12-5-3-10-11(4-6-13(10)17)14(12)9-2-1-7-16-8-9/h1-3,5,7-8H,4,6H2. The summed E-state index contributed by atoms with van der Waals surface area (Å²) in [4.78, 5) is 15.8. The number of halogens is 1. The maximum Gasteiger partial charge on any atom is 0.163 e. The topological polar surface area (TPSA) is 30.0 Å². The number of carbonyl (C=O) groups is 1. The third-order valence-electron chi connectivity index (χ3n) is 3.11. The van der Waals surface area contributed by atoms with E-state index in [9.17, 15) is 4.79 Å². The average Bonchev–Trinajstić information content (AvgIpc) is 2.72. The Bertz CT molecular complexity index is 593. The molecule has 0 bridgehead atoms. The second-order valence-electron chi connectivity index (χ2n) is 4.11. The van der Waals surface area contributed by atoms with Crippen LogP contribution in [0.3, 0.4) is 0 Å². The predicted molar refractivity (Wildman–Crippen MR) is 67.3 cm³/mol. The second-order valence-corrected chi connectivity index (χ2v) is 4.52. The first kappa shape index (κ1) is 10.5. The lowest BCUT2D eigenvalue weighted by Gasteiger charge is -2.09. The van der Waals surface area contributed by atoms with Crippen LogP contribution < -0.4 is 0 Å². The molecule has 0 amide bonds. The Kier molecular flexibility index (Phi) is 2.45. The van der Waals surface area contributed by atoms with Crippen molar-refractivity contribution in [3.8, 4) is 11.1 Å². The van der Waals surface area contributed by atoms with E-state index in [1.807, 2.05) is 18.2 Å². The lowest BCUT2D eigenvalue weighted by atomic mass is 9.98. The number of aromatic nitrogens is 1. The number of ketones is 1. The van der Waals surface area contributed by atoms with Crippen molar-refractivity contribution < 1.29 is 4.79 Å². The quantitative estimate of drug-likeness (QED) is 0.767. The van der Waals surface area contributed by atoms with Gasteiger partial charge in [-0.15, -0.1) is 0 Å². The molecule has 1 aromatic carbocycles. The molecule has 0 saturated heterocycles. The van der Waals surface area contributed by atoms with E-state index in [1.54, 1.807) is 18.5 Å². The smallest absolute Gasteiger partial charge is 0.163 e. The van der Waals surface area contributed by atoms with Gasteiger partial charge in [0, 0.05) is 40.5 Å². The molecule has 0 N–H and O–H groups in total. The minimum absolute atomic E-state index is 0.210. The van der Waals surface area contributed by atoms with Gasteiger partial charge in [-0.2, -0.15) is 0 Å². The van der Waals surface area contributed by atoms with Crippen molar-refractivity contribution >= 4 is 17.4 Å². The van der Waals surface area contributed by atoms with Gasteiger partial charge in [0.2, 0.25) is 0 Å². The van der Waals surface area contributed by atoms with Crippen LogP contribution >= 0.6 is 11.6 Å². The highest BCUT2D eigenvalue weighted by Gasteiger charge is 2.24. The fourth-order valence-electron chi connectivity index (χ4n) is 2.34. The number of hydrogen-bond donors (Lipinski definition) is 0. The van der Waals surface area contributed by atoms with Gasteiger partial charge >= 0.3 is 0 Å². The van der Waals surface area contributed by atoms with Gasteiger partial charge in [-0.1, -0.05) is 17.7 Å². The van der Waals surface area contributed by atoms with E-state index in [1.165, 1.54) is 0 Å². The summed E-state index contributed by atoms with van der Waals surface area (Å²) in [6, 6.07) is 7.47. The highest BCUT2D eigenvalue weighted by molar-refractivity contribution is 6.33. The summed E-state index contributed by atoms with van der Waals surface area (Å²) in [6.45, 7) is 0. The van der Waals surface area contributed by atoms with Crippen LogP contribution in [0.1, 0.15) is 22.3 Å². The Labute approximate surface area is 104 Å². The monoisotopic (exact) mass is 243 g/mol. The first-order valence-electron chi connectivity index (χ1n) is 5.52. The van der Waals surface area contributed by atoms with Crippen molar-refractivity contribution in [2.75, 3.05) is 0 Å². The number of pyridine rings is 1. The van der Waals surface area contributed by atoms with Crippen LogP contribution in [0.4, 0.5) is 0 Å². The number of carbonyl (C=O) groups excluding carboxylic acids is 1.